The van der Waals surface area contributed by atoms with Gasteiger partial charge in [-0.3, -0.25) is 9.08 Å². The molecule has 2 aromatic rings. The number of likely N-dealkylation sites (tertiary alicyclic amines) is 1. The molecule has 0 unspecified atom stereocenters. The maximum Gasteiger partial charge on any atom is 0.410 e. The van der Waals surface area contributed by atoms with E-state index in [1.807, 2.05) is 30.3 Å². The van der Waals surface area contributed by atoms with Gasteiger partial charge in [-0.2, -0.15) is 8.42 Å². The van der Waals surface area contributed by atoms with Crippen LogP contribution in [0.4, 0.5) is 4.79 Å². The SMILES string of the molecule is O=C(OCc1ccccc1)N1C[C@@H](OS(=O)(=O)Cc2ccccc2)[C@H]2OC[C@H](O)[C@H]21. The molecule has 4 rings (SSSR count). The largest absolute Gasteiger partial charge is 0.445 e. The Hall–Kier alpha value is -2.46. The lowest BCUT2D eigenvalue weighted by atomic mass is 10.1. The summed E-state index contributed by atoms with van der Waals surface area (Å²) >= 11 is 0. The van der Waals surface area contributed by atoms with E-state index in [1.54, 1.807) is 30.3 Å². The summed E-state index contributed by atoms with van der Waals surface area (Å²) in [5.41, 5.74) is 1.42. The van der Waals surface area contributed by atoms with Gasteiger partial charge in [0.15, 0.2) is 0 Å². The first-order valence-corrected chi connectivity index (χ1v) is 11.2. The van der Waals surface area contributed by atoms with Crippen molar-refractivity contribution in [3.63, 3.8) is 0 Å². The van der Waals surface area contributed by atoms with Crippen molar-refractivity contribution >= 4 is 16.2 Å². The molecule has 8 nitrogen and oxygen atoms in total. The molecule has 4 atom stereocenters. The second-order valence-electron chi connectivity index (χ2n) is 7.37. The predicted octanol–water partition coefficient (Wildman–Crippen LogP) is 1.68. The number of hydrogen-bond donors (Lipinski definition) is 1. The number of hydrogen-bond acceptors (Lipinski definition) is 7. The smallest absolute Gasteiger partial charge is 0.410 e. The third-order valence-corrected chi connectivity index (χ3v) is 6.42. The molecule has 2 aromatic carbocycles. The van der Waals surface area contributed by atoms with Gasteiger partial charge in [0.1, 0.15) is 30.7 Å². The maximum atomic E-state index is 12.6. The number of carbonyl (C=O) groups is 1. The van der Waals surface area contributed by atoms with Gasteiger partial charge in [0.25, 0.3) is 10.1 Å². The van der Waals surface area contributed by atoms with Crippen LogP contribution in [0.5, 0.6) is 0 Å². The van der Waals surface area contributed by atoms with Gasteiger partial charge < -0.3 is 14.6 Å². The first kappa shape index (κ1) is 20.8. The summed E-state index contributed by atoms with van der Waals surface area (Å²) in [5.74, 6) is -0.289. The Morgan fingerprint density at radius 2 is 1.70 bits per heavy atom. The highest BCUT2D eigenvalue weighted by Gasteiger charge is 2.54. The van der Waals surface area contributed by atoms with E-state index in [0.29, 0.717) is 5.56 Å². The van der Waals surface area contributed by atoms with Crippen LogP contribution < -0.4 is 0 Å². The predicted molar refractivity (Wildman–Crippen MR) is 107 cm³/mol. The molecule has 2 aliphatic heterocycles. The van der Waals surface area contributed by atoms with E-state index in [-0.39, 0.29) is 25.5 Å². The van der Waals surface area contributed by atoms with Crippen LogP contribution in [-0.2, 0) is 36.1 Å². The highest BCUT2D eigenvalue weighted by atomic mass is 32.2. The standard InChI is InChI=1S/C21H23NO7S/c23-17-13-27-20-18(29-30(25,26)14-16-9-5-2-6-10-16)11-22(19(17)20)21(24)28-12-15-7-3-1-4-8-15/h1-10,17-20,23H,11-14H2/t17-,18+,19+,20+/m0/s1. The number of ether oxygens (including phenoxy) is 2. The van der Waals surface area contributed by atoms with Crippen LogP contribution in [0.15, 0.2) is 60.7 Å². The van der Waals surface area contributed by atoms with Crippen LogP contribution in [0.25, 0.3) is 0 Å². The molecule has 2 aliphatic rings. The summed E-state index contributed by atoms with van der Waals surface area (Å²) in [6, 6.07) is 17.2. The fraction of sp³-hybridized carbons (Fsp3) is 0.381. The zero-order valence-corrected chi connectivity index (χ0v) is 17.0. The number of rotatable bonds is 6. The summed E-state index contributed by atoms with van der Waals surface area (Å²) in [4.78, 5) is 13.9. The topological polar surface area (TPSA) is 102 Å². The first-order valence-electron chi connectivity index (χ1n) is 9.65. The molecule has 0 aromatic heterocycles. The lowest BCUT2D eigenvalue weighted by Gasteiger charge is -2.24. The molecule has 0 aliphatic carbocycles. The Morgan fingerprint density at radius 1 is 1.07 bits per heavy atom. The number of benzene rings is 2. The van der Waals surface area contributed by atoms with E-state index in [4.69, 9.17) is 13.7 Å². The normalized spacial score (nSPS) is 25.8. The molecule has 2 fully saturated rings. The van der Waals surface area contributed by atoms with Gasteiger partial charge >= 0.3 is 6.09 Å². The van der Waals surface area contributed by atoms with E-state index in [0.717, 1.165) is 5.56 Å². The fourth-order valence-corrected chi connectivity index (χ4v) is 5.06. The van der Waals surface area contributed by atoms with Crippen molar-refractivity contribution in [3.8, 4) is 0 Å². The number of carbonyl (C=O) groups excluding carboxylic acids is 1. The number of aliphatic hydroxyl groups excluding tert-OH is 1. The summed E-state index contributed by atoms with van der Waals surface area (Å²) in [7, 11) is -3.92. The van der Waals surface area contributed by atoms with Gasteiger partial charge in [-0.05, 0) is 11.1 Å². The molecular weight excluding hydrogens is 410 g/mol. The average Bonchev–Trinajstić information content (AvgIpc) is 3.28. The van der Waals surface area contributed by atoms with Crippen molar-refractivity contribution < 1.29 is 32.0 Å². The van der Waals surface area contributed by atoms with Crippen molar-refractivity contribution in [2.45, 2.75) is 36.7 Å². The lowest BCUT2D eigenvalue weighted by Crippen LogP contribution is -2.44. The van der Waals surface area contributed by atoms with Gasteiger partial charge in [-0.25, -0.2) is 4.79 Å². The van der Waals surface area contributed by atoms with Crippen LogP contribution in [0.1, 0.15) is 11.1 Å². The highest BCUT2D eigenvalue weighted by molar-refractivity contribution is 7.85. The Kier molecular flexibility index (Phi) is 6.05. The highest BCUT2D eigenvalue weighted by Crippen LogP contribution is 2.33. The molecule has 0 bridgehead atoms. The van der Waals surface area contributed by atoms with Crippen molar-refractivity contribution in [1.82, 2.24) is 4.90 Å². The number of aliphatic hydroxyl groups is 1. The molecule has 0 spiro atoms. The molecule has 30 heavy (non-hydrogen) atoms. The van der Waals surface area contributed by atoms with Gasteiger partial charge in [0.05, 0.1) is 19.2 Å². The Balaban J connectivity index is 1.43. The zero-order valence-electron chi connectivity index (χ0n) is 16.2. The lowest BCUT2D eigenvalue weighted by molar-refractivity contribution is 0.0261. The molecule has 9 heteroatoms. The molecule has 0 saturated carbocycles. The maximum absolute atomic E-state index is 12.6. The minimum Gasteiger partial charge on any atom is -0.445 e. The molecule has 0 radical (unpaired) electrons. The molecule has 2 heterocycles. The van der Waals surface area contributed by atoms with Gasteiger partial charge in [-0.15, -0.1) is 0 Å². The van der Waals surface area contributed by atoms with Crippen molar-refractivity contribution in [2.75, 3.05) is 13.2 Å². The molecular formula is C21H23NO7S. The first-order chi connectivity index (χ1) is 14.4. The Morgan fingerprint density at radius 3 is 2.37 bits per heavy atom. The summed E-state index contributed by atoms with van der Waals surface area (Å²) in [6.07, 6.45) is -3.24. The van der Waals surface area contributed by atoms with E-state index in [9.17, 15) is 18.3 Å². The molecule has 2 saturated heterocycles. The Bertz CT molecular complexity index is 967. The molecule has 160 valence electrons. The number of amides is 1. The number of nitrogens with zero attached hydrogens (tertiary/aromatic N) is 1. The third kappa shape index (κ3) is 4.65. The van der Waals surface area contributed by atoms with Crippen LogP contribution in [0.2, 0.25) is 0 Å². The van der Waals surface area contributed by atoms with E-state index >= 15 is 0 Å². The minimum atomic E-state index is -3.92. The van der Waals surface area contributed by atoms with E-state index < -0.39 is 40.6 Å². The average molecular weight is 433 g/mol. The quantitative estimate of drug-likeness (QED) is 0.692. The summed E-state index contributed by atoms with van der Waals surface area (Å²) < 4.78 is 41.4. The van der Waals surface area contributed by atoms with E-state index in [2.05, 4.69) is 0 Å². The van der Waals surface area contributed by atoms with Gasteiger partial charge in [0.2, 0.25) is 0 Å². The van der Waals surface area contributed by atoms with Crippen molar-refractivity contribution in [2.24, 2.45) is 0 Å². The monoisotopic (exact) mass is 433 g/mol. The second kappa shape index (κ2) is 8.73. The van der Waals surface area contributed by atoms with Gasteiger partial charge in [-0.1, -0.05) is 60.7 Å². The molecule has 1 amide bonds. The summed E-state index contributed by atoms with van der Waals surface area (Å²) in [6.45, 7) is 0.0206. The molecule has 1 N–H and O–H groups in total. The van der Waals surface area contributed by atoms with Crippen LogP contribution in [-0.4, -0.2) is 62.0 Å². The van der Waals surface area contributed by atoms with Crippen molar-refractivity contribution in [1.29, 1.82) is 0 Å². The summed E-state index contributed by atoms with van der Waals surface area (Å²) in [5, 5.41) is 10.3. The fourth-order valence-electron chi connectivity index (χ4n) is 3.84. The minimum absolute atomic E-state index is 0.00358. The number of fused-ring (bicyclic) bond motifs is 1. The van der Waals surface area contributed by atoms with Crippen LogP contribution in [0.3, 0.4) is 0 Å². The second-order valence-corrected chi connectivity index (χ2v) is 8.97. The third-order valence-electron chi connectivity index (χ3n) is 5.19. The zero-order chi connectivity index (χ0) is 21.1. The Labute approximate surface area is 175 Å². The van der Waals surface area contributed by atoms with Crippen LogP contribution in [0, 0.1) is 0 Å². The van der Waals surface area contributed by atoms with Gasteiger partial charge in [0, 0.05) is 0 Å². The van der Waals surface area contributed by atoms with Crippen molar-refractivity contribution in [3.05, 3.63) is 71.8 Å². The van der Waals surface area contributed by atoms with Crippen LogP contribution >= 0.6 is 0 Å². The van der Waals surface area contributed by atoms with E-state index in [1.165, 1.54) is 4.90 Å².